The number of para-hydroxylation sites is 1. The van der Waals surface area contributed by atoms with Crippen LogP contribution in [0.1, 0.15) is 60.6 Å². The molecule has 28 heavy (non-hydrogen) atoms. The number of carbonyl (C=O) groups is 2. The average Bonchev–Trinajstić information content (AvgIpc) is 3.17. The van der Waals surface area contributed by atoms with Crippen LogP contribution in [0, 0.1) is 0 Å². The number of aromatic nitrogens is 2. The monoisotopic (exact) mass is 400 g/mol. The zero-order valence-electron chi connectivity index (χ0n) is 15.8. The van der Waals surface area contributed by atoms with Crippen molar-refractivity contribution in [2.75, 3.05) is 7.11 Å². The van der Waals surface area contributed by atoms with E-state index in [4.69, 9.17) is 4.74 Å². The molecule has 0 saturated heterocycles. The number of amides is 2. The Balaban J connectivity index is 1.72. The molecule has 0 bridgehead atoms. The van der Waals surface area contributed by atoms with Gasteiger partial charge >= 0.3 is 0 Å². The largest absolute Gasteiger partial charge is 0.496 e. The van der Waals surface area contributed by atoms with Gasteiger partial charge < -0.3 is 15.0 Å². The van der Waals surface area contributed by atoms with E-state index in [1.165, 1.54) is 0 Å². The normalized spacial score (nSPS) is 17.9. The van der Waals surface area contributed by atoms with Crippen molar-refractivity contribution >= 4 is 23.3 Å². The van der Waals surface area contributed by atoms with Gasteiger partial charge in [0.1, 0.15) is 11.8 Å². The first kappa shape index (κ1) is 18.9. The highest BCUT2D eigenvalue weighted by atomic mass is 32.1. The Labute approximate surface area is 168 Å². The van der Waals surface area contributed by atoms with Crippen molar-refractivity contribution in [3.05, 3.63) is 40.9 Å². The predicted octanol–water partition coefficient (Wildman–Crippen LogP) is 2.95. The standard InChI is InChI=1S/C20H24N4O3S/c1-27-17-9-5-4-8-15(17)18(19(25)21-13-6-2-3-7-13)24(14-10-11-14)20(26)16-12-28-23-22-16/h4-5,8-9,12-14,18H,2-3,6-7,10-11H2,1H3,(H,21,25)/t18-/m0/s1. The number of nitrogens with zero attached hydrogens (tertiary/aromatic N) is 3. The molecule has 2 fully saturated rings. The van der Waals surface area contributed by atoms with Crippen molar-refractivity contribution in [2.24, 2.45) is 0 Å². The maximum Gasteiger partial charge on any atom is 0.276 e. The van der Waals surface area contributed by atoms with Gasteiger partial charge in [0, 0.05) is 23.0 Å². The summed E-state index contributed by atoms with van der Waals surface area (Å²) < 4.78 is 9.34. The highest BCUT2D eigenvalue weighted by Crippen LogP contribution is 2.39. The number of carbonyl (C=O) groups excluding carboxylic acids is 2. The van der Waals surface area contributed by atoms with Crippen molar-refractivity contribution in [3.8, 4) is 5.75 Å². The summed E-state index contributed by atoms with van der Waals surface area (Å²) in [5.74, 6) is 0.192. The molecule has 1 atom stereocenters. The topological polar surface area (TPSA) is 84.4 Å². The van der Waals surface area contributed by atoms with Gasteiger partial charge in [0.2, 0.25) is 5.91 Å². The van der Waals surface area contributed by atoms with Crippen LogP contribution in [0.15, 0.2) is 29.6 Å². The fraction of sp³-hybridized carbons (Fsp3) is 0.500. The van der Waals surface area contributed by atoms with E-state index in [9.17, 15) is 9.59 Å². The summed E-state index contributed by atoms with van der Waals surface area (Å²) in [6, 6.07) is 6.86. The second-order valence-corrected chi connectivity index (χ2v) is 7.98. The highest BCUT2D eigenvalue weighted by molar-refractivity contribution is 7.03. The fourth-order valence-corrected chi connectivity index (χ4v) is 4.33. The lowest BCUT2D eigenvalue weighted by Gasteiger charge is -2.32. The molecule has 0 aliphatic heterocycles. The van der Waals surface area contributed by atoms with Crippen LogP contribution in [0.2, 0.25) is 0 Å². The van der Waals surface area contributed by atoms with Crippen molar-refractivity contribution in [3.63, 3.8) is 0 Å². The Morgan fingerprint density at radius 1 is 1.21 bits per heavy atom. The van der Waals surface area contributed by atoms with Crippen molar-refractivity contribution in [1.82, 2.24) is 19.8 Å². The lowest BCUT2D eigenvalue weighted by molar-refractivity contribution is -0.126. The summed E-state index contributed by atoms with van der Waals surface area (Å²) in [5.41, 5.74) is 0.981. The van der Waals surface area contributed by atoms with E-state index < -0.39 is 6.04 Å². The quantitative estimate of drug-likeness (QED) is 0.772. The Morgan fingerprint density at radius 2 is 1.96 bits per heavy atom. The summed E-state index contributed by atoms with van der Waals surface area (Å²) >= 11 is 1.13. The minimum atomic E-state index is -0.751. The summed E-state index contributed by atoms with van der Waals surface area (Å²) in [7, 11) is 1.58. The number of nitrogens with one attached hydrogen (secondary N) is 1. The maximum absolute atomic E-state index is 13.4. The fourth-order valence-electron chi connectivity index (χ4n) is 3.90. The third-order valence-electron chi connectivity index (χ3n) is 5.42. The van der Waals surface area contributed by atoms with Gasteiger partial charge in [-0.3, -0.25) is 9.59 Å². The van der Waals surface area contributed by atoms with Gasteiger partial charge in [0.15, 0.2) is 5.69 Å². The predicted molar refractivity (Wildman–Crippen MR) is 105 cm³/mol. The average molecular weight is 401 g/mol. The van der Waals surface area contributed by atoms with Gasteiger partial charge in [-0.2, -0.15) is 0 Å². The number of methoxy groups -OCH3 is 1. The van der Waals surface area contributed by atoms with Crippen molar-refractivity contribution in [1.29, 1.82) is 0 Å². The smallest absolute Gasteiger partial charge is 0.276 e. The van der Waals surface area contributed by atoms with E-state index in [0.717, 1.165) is 50.1 Å². The van der Waals surface area contributed by atoms with Crippen LogP contribution in [0.5, 0.6) is 5.75 Å². The van der Waals surface area contributed by atoms with Crippen LogP contribution < -0.4 is 10.1 Å². The first-order valence-electron chi connectivity index (χ1n) is 9.72. The summed E-state index contributed by atoms with van der Waals surface area (Å²) in [6.45, 7) is 0. The van der Waals surface area contributed by atoms with Crippen molar-refractivity contribution in [2.45, 2.75) is 56.7 Å². The van der Waals surface area contributed by atoms with Gasteiger partial charge in [-0.1, -0.05) is 35.5 Å². The maximum atomic E-state index is 13.4. The van der Waals surface area contributed by atoms with E-state index in [1.54, 1.807) is 17.4 Å². The molecule has 0 unspecified atom stereocenters. The van der Waals surface area contributed by atoms with Crippen molar-refractivity contribution < 1.29 is 14.3 Å². The van der Waals surface area contributed by atoms with Crippen LogP contribution >= 0.6 is 11.5 Å². The van der Waals surface area contributed by atoms with Crippen LogP contribution in [-0.4, -0.2) is 45.5 Å². The van der Waals surface area contributed by atoms with Gasteiger partial charge in [-0.15, -0.1) is 5.10 Å². The third kappa shape index (κ3) is 3.87. The first-order chi connectivity index (χ1) is 13.7. The van der Waals surface area contributed by atoms with E-state index in [1.807, 2.05) is 24.3 Å². The van der Waals surface area contributed by atoms with E-state index in [0.29, 0.717) is 11.3 Å². The number of benzene rings is 1. The van der Waals surface area contributed by atoms with Gasteiger partial charge in [0.05, 0.1) is 7.11 Å². The number of ether oxygens (including phenoxy) is 1. The molecule has 0 radical (unpaired) electrons. The molecule has 8 heteroatoms. The van der Waals surface area contributed by atoms with Gasteiger partial charge in [-0.05, 0) is 43.3 Å². The Bertz CT molecular complexity index is 832. The molecule has 2 amide bonds. The van der Waals surface area contributed by atoms with E-state index >= 15 is 0 Å². The first-order valence-corrected chi connectivity index (χ1v) is 10.6. The van der Waals surface area contributed by atoms with Crippen LogP contribution in [0.3, 0.4) is 0 Å². The molecular weight excluding hydrogens is 376 g/mol. The molecule has 2 saturated carbocycles. The summed E-state index contributed by atoms with van der Waals surface area (Å²) in [5, 5.41) is 8.74. The van der Waals surface area contributed by atoms with Gasteiger partial charge in [-0.25, -0.2) is 0 Å². The molecule has 4 rings (SSSR count). The summed E-state index contributed by atoms with van der Waals surface area (Å²) in [6.07, 6.45) is 5.98. The lowest BCUT2D eigenvalue weighted by Crippen LogP contribution is -2.47. The Morgan fingerprint density at radius 3 is 2.61 bits per heavy atom. The number of hydrogen-bond donors (Lipinski definition) is 1. The molecule has 1 heterocycles. The van der Waals surface area contributed by atoms with Crippen LogP contribution in [0.4, 0.5) is 0 Å². The Kier molecular flexibility index (Phi) is 5.57. The molecule has 0 spiro atoms. The molecule has 148 valence electrons. The second-order valence-electron chi connectivity index (χ2n) is 7.37. The van der Waals surface area contributed by atoms with E-state index in [2.05, 4.69) is 14.9 Å². The van der Waals surface area contributed by atoms with E-state index in [-0.39, 0.29) is 29.6 Å². The molecule has 2 aliphatic carbocycles. The molecule has 2 aromatic rings. The zero-order valence-corrected chi connectivity index (χ0v) is 16.7. The highest BCUT2D eigenvalue weighted by Gasteiger charge is 2.43. The molecule has 1 aromatic carbocycles. The molecule has 7 nitrogen and oxygen atoms in total. The zero-order chi connectivity index (χ0) is 19.5. The molecular formula is C20H24N4O3S. The number of rotatable bonds is 7. The van der Waals surface area contributed by atoms with Gasteiger partial charge in [0.25, 0.3) is 5.91 Å². The Hall–Kier alpha value is -2.48. The molecule has 1 N–H and O–H groups in total. The number of hydrogen-bond acceptors (Lipinski definition) is 6. The minimum absolute atomic E-state index is 0.0263. The SMILES string of the molecule is COc1ccccc1[C@@H](C(=O)NC1CCCC1)N(C(=O)c1csnn1)C1CC1. The lowest BCUT2D eigenvalue weighted by atomic mass is 10.0. The van der Waals surface area contributed by atoms with Crippen LogP contribution in [0.25, 0.3) is 0 Å². The second kappa shape index (κ2) is 8.26. The molecule has 1 aromatic heterocycles. The van der Waals surface area contributed by atoms with Crippen LogP contribution in [-0.2, 0) is 4.79 Å². The molecule has 2 aliphatic rings. The summed E-state index contributed by atoms with van der Waals surface area (Å²) in [4.78, 5) is 28.4. The third-order valence-corrected chi connectivity index (χ3v) is 5.92. The minimum Gasteiger partial charge on any atom is -0.496 e.